The summed E-state index contributed by atoms with van der Waals surface area (Å²) in [7, 11) is 0. The van der Waals surface area contributed by atoms with Crippen LogP contribution in [0.3, 0.4) is 0 Å². The summed E-state index contributed by atoms with van der Waals surface area (Å²) in [5.74, 6) is 0. The molecule has 1 aromatic carbocycles. The lowest BCUT2D eigenvalue weighted by atomic mass is 10.2. The molecule has 0 aliphatic rings. The van der Waals surface area contributed by atoms with Crippen molar-refractivity contribution in [3.63, 3.8) is 0 Å². The van der Waals surface area contributed by atoms with Crippen LogP contribution in [0.2, 0.25) is 0 Å². The fraction of sp³-hybridized carbons (Fsp3) is 0.500. The van der Waals surface area contributed by atoms with Crippen molar-refractivity contribution in [1.82, 2.24) is 0 Å². The minimum absolute atomic E-state index is 0. The van der Waals surface area contributed by atoms with Gasteiger partial charge >= 0.3 is 0 Å². The molecule has 116 valence electrons. The molecule has 2 aromatic rings. The molecule has 3 heteroatoms. The highest BCUT2D eigenvalue weighted by Gasteiger charge is 2.20. The van der Waals surface area contributed by atoms with Gasteiger partial charge in [0.1, 0.15) is 0 Å². The van der Waals surface area contributed by atoms with Gasteiger partial charge in [-0.3, -0.25) is 0 Å². The van der Waals surface area contributed by atoms with Crippen LogP contribution in [0, 0.1) is 0 Å². The average Bonchev–Trinajstić information content (AvgIpc) is 2.52. The third-order valence-corrected chi connectivity index (χ3v) is 4.81. The van der Waals surface area contributed by atoms with Crippen molar-refractivity contribution in [2.24, 2.45) is 0 Å². The van der Waals surface area contributed by atoms with E-state index in [1.165, 1.54) is 47.9 Å². The number of pyridine rings is 1. The first-order valence-corrected chi connectivity index (χ1v) is 7.96. The van der Waals surface area contributed by atoms with Crippen LogP contribution in [0.5, 0.6) is 0 Å². The second-order valence-corrected chi connectivity index (χ2v) is 5.68. The SMILES string of the molecule is CC[N+](CC)(CC)CCC[n+]1ccc2ccccc2c1.[Br-]. The summed E-state index contributed by atoms with van der Waals surface area (Å²) in [4.78, 5) is 0. The molecule has 0 N–H and O–H groups in total. The molecular formula is C18H28BrN2+. The van der Waals surface area contributed by atoms with Gasteiger partial charge in [0, 0.05) is 11.5 Å². The molecule has 0 unspecified atom stereocenters. The lowest BCUT2D eigenvalue weighted by Crippen LogP contribution is -3.00. The van der Waals surface area contributed by atoms with E-state index < -0.39 is 0 Å². The van der Waals surface area contributed by atoms with Crippen LogP contribution in [0.25, 0.3) is 10.8 Å². The van der Waals surface area contributed by atoms with Crippen molar-refractivity contribution in [1.29, 1.82) is 0 Å². The van der Waals surface area contributed by atoms with Gasteiger partial charge < -0.3 is 21.5 Å². The number of rotatable bonds is 7. The number of fused-ring (bicyclic) bond motifs is 1. The molecule has 0 aliphatic heterocycles. The normalized spacial score (nSPS) is 11.4. The minimum Gasteiger partial charge on any atom is -1.00 e. The molecule has 0 amide bonds. The number of aryl methyl sites for hydroxylation is 1. The van der Waals surface area contributed by atoms with E-state index in [4.69, 9.17) is 0 Å². The van der Waals surface area contributed by atoms with Gasteiger partial charge in [-0.25, -0.2) is 4.57 Å². The quantitative estimate of drug-likeness (QED) is 0.502. The Bertz CT molecular complexity index is 541. The van der Waals surface area contributed by atoms with Gasteiger partial charge in [-0.2, -0.15) is 0 Å². The molecule has 0 aliphatic carbocycles. The molecule has 0 saturated carbocycles. The van der Waals surface area contributed by atoms with E-state index >= 15 is 0 Å². The third-order valence-electron chi connectivity index (χ3n) is 4.81. The summed E-state index contributed by atoms with van der Waals surface area (Å²) >= 11 is 0. The Morgan fingerprint density at radius 2 is 1.52 bits per heavy atom. The molecule has 0 fully saturated rings. The zero-order valence-electron chi connectivity index (χ0n) is 13.6. The van der Waals surface area contributed by atoms with E-state index in [1.807, 2.05) is 0 Å². The zero-order valence-corrected chi connectivity index (χ0v) is 15.1. The number of quaternary nitrogens is 1. The van der Waals surface area contributed by atoms with Gasteiger partial charge in [0.25, 0.3) is 0 Å². The Morgan fingerprint density at radius 3 is 2.14 bits per heavy atom. The molecule has 1 aromatic heterocycles. The highest BCUT2D eigenvalue weighted by molar-refractivity contribution is 5.80. The highest BCUT2D eigenvalue weighted by Crippen LogP contribution is 2.10. The maximum Gasteiger partial charge on any atom is 0.176 e. The number of aromatic nitrogens is 1. The maximum absolute atomic E-state index is 2.33. The van der Waals surface area contributed by atoms with E-state index in [0.29, 0.717) is 0 Å². The zero-order chi connectivity index (χ0) is 14.4. The predicted molar refractivity (Wildman–Crippen MR) is 85.5 cm³/mol. The van der Waals surface area contributed by atoms with Gasteiger partial charge in [0.05, 0.1) is 32.6 Å². The Labute approximate surface area is 139 Å². The van der Waals surface area contributed by atoms with Crippen LogP contribution in [-0.2, 0) is 6.54 Å². The van der Waals surface area contributed by atoms with Crippen LogP contribution in [0.15, 0.2) is 42.7 Å². The summed E-state index contributed by atoms with van der Waals surface area (Å²) in [6.45, 7) is 13.1. The number of halogens is 1. The first kappa shape index (κ1) is 18.1. The van der Waals surface area contributed by atoms with Crippen molar-refractivity contribution in [3.05, 3.63) is 42.7 Å². The van der Waals surface area contributed by atoms with Crippen LogP contribution >= 0.6 is 0 Å². The molecule has 0 radical (unpaired) electrons. The topological polar surface area (TPSA) is 3.88 Å². The molecule has 2 nitrogen and oxygen atoms in total. The summed E-state index contributed by atoms with van der Waals surface area (Å²) < 4.78 is 3.58. The molecule has 21 heavy (non-hydrogen) atoms. The first-order chi connectivity index (χ1) is 9.73. The molecule has 0 spiro atoms. The smallest absolute Gasteiger partial charge is 0.176 e. The summed E-state index contributed by atoms with van der Waals surface area (Å²) in [6, 6.07) is 10.8. The molecule has 0 atom stereocenters. The minimum atomic E-state index is 0. The van der Waals surface area contributed by atoms with E-state index in [2.05, 4.69) is 68.1 Å². The van der Waals surface area contributed by atoms with Crippen molar-refractivity contribution in [2.45, 2.75) is 33.7 Å². The second kappa shape index (κ2) is 8.50. The molecule has 2 rings (SSSR count). The van der Waals surface area contributed by atoms with E-state index in [-0.39, 0.29) is 17.0 Å². The summed E-state index contributed by atoms with van der Waals surface area (Å²) in [5, 5.41) is 2.65. The monoisotopic (exact) mass is 351 g/mol. The molecular weight excluding hydrogens is 324 g/mol. The number of benzene rings is 1. The second-order valence-electron chi connectivity index (χ2n) is 5.68. The Kier molecular flexibility index (Phi) is 7.33. The van der Waals surface area contributed by atoms with Crippen LogP contribution in [-0.4, -0.2) is 30.7 Å². The van der Waals surface area contributed by atoms with E-state index in [0.717, 1.165) is 6.54 Å². The van der Waals surface area contributed by atoms with Crippen molar-refractivity contribution >= 4 is 10.8 Å². The fourth-order valence-corrected chi connectivity index (χ4v) is 3.05. The number of nitrogens with zero attached hydrogens (tertiary/aromatic N) is 2. The van der Waals surface area contributed by atoms with Gasteiger partial charge in [-0.1, -0.05) is 18.2 Å². The average molecular weight is 352 g/mol. The maximum atomic E-state index is 2.33. The molecule has 1 heterocycles. The Balaban J connectivity index is 0.00000220. The van der Waals surface area contributed by atoms with Gasteiger partial charge in [-0.05, 0) is 32.2 Å². The van der Waals surface area contributed by atoms with Crippen molar-refractivity contribution in [3.8, 4) is 0 Å². The number of hydrogen-bond acceptors (Lipinski definition) is 0. The Hall–Kier alpha value is -0.930. The lowest BCUT2D eigenvalue weighted by molar-refractivity contribution is -0.925. The van der Waals surface area contributed by atoms with Crippen molar-refractivity contribution < 1.29 is 26.0 Å². The molecule has 0 saturated heterocycles. The predicted octanol–water partition coefficient (Wildman–Crippen LogP) is 0.398. The first-order valence-electron chi connectivity index (χ1n) is 7.96. The van der Waals surface area contributed by atoms with Crippen molar-refractivity contribution in [2.75, 3.05) is 26.2 Å². The summed E-state index contributed by atoms with van der Waals surface area (Å²) in [5.41, 5.74) is 0. The number of hydrogen-bond donors (Lipinski definition) is 0. The highest BCUT2D eigenvalue weighted by atomic mass is 79.9. The lowest BCUT2D eigenvalue weighted by Gasteiger charge is -2.35. The van der Waals surface area contributed by atoms with Gasteiger partial charge in [-0.15, -0.1) is 0 Å². The fourth-order valence-electron chi connectivity index (χ4n) is 3.05. The largest absolute Gasteiger partial charge is 1.00 e. The standard InChI is InChI=1S/C18H28N2.BrH/c1-4-20(5-2,6-3)15-9-13-19-14-12-17-10-7-8-11-18(17)16-19;/h7-8,10-12,14,16H,4-6,9,13,15H2,1-3H3;1H/q+2;/p-1. The van der Waals surface area contributed by atoms with Crippen LogP contribution in [0.1, 0.15) is 27.2 Å². The molecule has 0 bridgehead atoms. The van der Waals surface area contributed by atoms with E-state index in [9.17, 15) is 0 Å². The third kappa shape index (κ3) is 4.52. The Morgan fingerprint density at radius 1 is 0.905 bits per heavy atom. The van der Waals surface area contributed by atoms with Gasteiger partial charge in [0.2, 0.25) is 0 Å². The van der Waals surface area contributed by atoms with Crippen LogP contribution < -0.4 is 21.5 Å². The van der Waals surface area contributed by atoms with Gasteiger partial charge in [0.15, 0.2) is 18.9 Å². The van der Waals surface area contributed by atoms with E-state index in [1.54, 1.807) is 0 Å². The summed E-state index contributed by atoms with van der Waals surface area (Å²) in [6.07, 6.45) is 5.73. The van der Waals surface area contributed by atoms with Crippen LogP contribution in [0.4, 0.5) is 0 Å².